The van der Waals surface area contributed by atoms with Crippen LogP contribution in [0.2, 0.25) is 0 Å². The van der Waals surface area contributed by atoms with Gasteiger partial charge in [-0.15, -0.1) is 0 Å². The standard InChI is InChI=1S/C8H15NO/c1-6-10-9-7(2)8(3,4)5/h6H,1H2,2-5H3. The summed E-state index contributed by atoms with van der Waals surface area (Å²) < 4.78 is 0. The topological polar surface area (TPSA) is 21.6 Å². The third-order valence-electron chi connectivity index (χ3n) is 1.35. The van der Waals surface area contributed by atoms with Crippen LogP contribution in [0.3, 0.4) is 0 Å². The molecule has 0 N–H and O–H groups in total. The monoisotopic (exact) mass is 141 g/mol. The van der Waals surface area contributed by atoms with Gasteiger partial charge in [0.05, 0.1) is 5.71 Å². The van der Waals surface area contributed by atoms with Crippen LogP contribution >= 0.6 is 0 Å². The maximum atomic E-state index is 4.67. The van der Waals surface area contributed by atoms with Crippen molar-refractivity contribution < 1.29 is 4.84 Å². The Morgan fingerprint density at radius 3 is 2.30 bits per heavy atom. The molecule has 0 saturated heterocycles. The molecule has 58 valence electrons. The fourth-order valence-corrected chi connectivity index (χ4v) is 0.253. The van der Waals surface area contributed by atoms with Crippen LogP contribution in [0.4, 0.5) is 0 Å². The lowest BCUT2D eigenvalue weighted by Crippen LogP contribution is -2.16. The molecule has 0 heterocycles. The summed E-state index contributed by atoms with van der Waals surface area (Å²) in [4.78, 5) is 4.67. The van der Waals surface area contributed by atoms with Gasteiger partial charge < -0.3 is 4.84 Å². The molecule has 0 aliphatic heterocycles. The molecule has 0 rings (SSSR count). The van der Waals surface area contributed by atoms with E-state index in [9.17, 15) is 0 Å². The maximum absolute atomic E-state index is 4.67. The SMILES string of the molecule is C=CON=C(C)C(C)(C)C. The lowest BCUT2D eigenvalue weighted by atomic mass is 9.91. The Labute approximate surface area is 62.6 Å². The van der Waals surface area contributed by atoms with E-state index in [4.69, 9.17) is 0 Å². The molecule has 0 aromatic carbocycles. The smallest absolute Gasteiger partial charge is 0.114 e. The number of rotatable bonds is 2. The van der Waals surface area contributed by atoms with Crippen molar-refractivity contribution in [1.29, 1.82) is 0 Å². The third kappa shape index (κ3) is 3.28. The van der Waals surface area contributed by atoms with Crippen LogP contribution in [-0.4, -0.2) is 5.71 Å². The zero-order chi connectivity index (χ0) is 8.20. The molecule has 10 heavy (non-hydrogen) atoms. The summed E-state index contributed by atoms with van der Waals surface area (Å²) >= 11 is 0. The van der Waals surface area contributed by atoms with Crippen LogP contribution in [-0.2, 0) is 4.84 Å². The molecule has 2 heteroatoms. The normalized spacial score (nSPS) is 13.0. The summed E-state index contributed by atoms with van der Waals surface area (Å²) in [6.07, 6.45) is 1.31. The van der Waals surface area contributed by atoms with E-state index in [1.165, 1.54) is 6.26 Å². The van der Waals surface area contributed by atoms with Gasteiger partial charge in [-0.2, -0.15) is 0 Å². The molecule has 0 saturated carbocycles. The van der Waals surface area contributed by atoms with Crippen molar-refractivity contribution in [2.45, 2.75) is 27.7 Å². The van der Waals surface area contributed by atoms with E-state index in [0.29, 0.717) is 0 Å². The van der Waals surface area contributed by atoms with Crippen molar-refractivity contribution in [3.8, 4) is 0 Å². The summed E-state index contributed by atoms with van der Waals surface area (Å²) in [5.41, 5.74) is 1.05. The van der Waals surface area contributed by atoms with Gasteiger partial charge >= 0.3 is 0 Å². The van der Waals surface area contributed by atoms with Crippen molar-refractivity contribution >= 4 is 5.71 Å². The van der Waals surface area contributed by atoms with Crippen LogP contribution in [0.5, 0.6) is 0 Å². The van der Waals surface area contributed by atoms with E-state index in [-0.39, 0.29) is 5.41 Å². The average Bonchev–Trinajstić information content (AvgIpc) is 1.80. The Morgan fingerprint density at radius 1 is 1.50 bits per heavy atom. The Hall–Kier alpha value is -0.790. The third-order valence-corrected chi connectivity index (χ3v) is 1.35. The van der Waals surface area contributed by atoms with Gasteiger partial charge in [-0.05, 0) is 6.92 Å². The van der Waals surface area contributed by atoms with Crippen molar-refractivity contribution in [2.24, 2.45) is 10.6 Å². The molecule has 2 nitrogen and oxygen atoms in total. The van der Waals surface area contributed by atoms with Crippen LogP contribution in [0.1, 0.15) is 27.7 Å². The minimum Gasteiger partial charge on any atom is -0.366 e. The maximum Gasteiger partial charge on any atom is 0.114 e. The predicted molar refractivity (Wildman–Crippen MR) is 43.8 cm³/mol. The van der Waals surface area contributed by atoms with E-state index in [0.717, 1.165) is 5.71 Å². The predicted octanol–water partition coefficient (Wildman–Crippen LogP) is 2.57. The molecule has 0 fully saturated rings. The number of oxime groups is 1. The second-order valence-electron chi connectivity index (χ2n) is 3.20. The first kappa shape index (κ1) is 9.21. The highest BCUT2D eigenvalue weighted by Gasteiger charge is 2.14. The molecular weight excluding hydrogens is 126 g/mol. The summed E-state index contributed by atoms with van der Waals surface area (Å²) in [7, 11) is 0. The van der Waals surface area contributed by atoms with Crippen LogP contribution in [0.25, 0.3) is 0 Å². The second-order valence-corrected chi connectivity index (χ2v) is 3.20. The van der Waals surface area contributed by atoms with E-state index >= 15 is 0 Å². The quantitative estimate of drug-likeness (QED) is 0.329. The zero-order valence-corrected chi connectivity index (χ0v) is 7.14. The van der Waals surface area contributed by atoms with Gasteiger partial charge in [0.25, 0.3) is 0 Å². The zero-order valence-electron chi connectivity index (χ0n) is 7.14. The molecule has 0 aliphatic carbocycles. The van der Waals surface area contributed by atoms with Crippen molar-refractivity contribution in [3.05, 3.63) is 12.8 Å². The Balaban J connectivity index is 4.05. The molecule has 0 radical (unpaired) electrons. The first-order valence-electron chi connectivity index (χ1n) is 3.30. The molecular formula is C8H15NO. The van der Waals surface area contributed by atoms with Gasteiger partial charge in [-0.1, -0.05) is 32.5 Å². The van der Waals surface area contributed by atoms with Crippen LogP contribution in [0, 0.1) is 5.41 Å². The van der Waals surface area contributed by atoms with Crippen molar-refractivity contribution in [2.75, 3.05) is 0 Å². The molecule has 0 aromatic rings. The molecule has 0 spiro atoms. The second kappa shape index (κ2) is 3.40. The number of nitrogens with zero attached hydrogens (tertiary/aromatic N) is 1. The van der Waals surface area contributed by atoms with Crippen molar-refractivity contribution in [1.82, 2.24) is 0 Å². The highest BCUT2D eigenvalue weighted by atomic mass is 16.6. The minimum absolute atomic E-state index is 0.0863. The summed E-state index contributed by atoms with van der Waals surface area (Å²) in [6.45, 7) is 11.6. The molecule has 0 unspecified atom stereocenters. The Kier molecular flexibility index (Phi) is 3.13. The average molecular weight is 141 g/mol. The number of hydrogen-bond donors (Lipinski definition) is 0. The first-order chi connectivity index (χ1) is 4.48. The molecule has 0 bridgehead atoms. The molecule has 0 aromatic heterocycles. The van der Waals surface area contributed by atoms with Crippen LogP contribution in [0.15, 0.2) is 18.0 Å². The largest absolute Gasteiger partial charge is 0.366 e. The summed E-state index contributed by atoms with van der Waals surface area (Å²) in [6, 6.07) is 0. The van der Waals surface area contributed by atoms with Gasteiger partial charge in [0.1, 0.15) is 6.26 Å². The van der Waals surface area contributed by atoms with Gasteiger partial charge in [-0.25, -0.2) is 0 Å². The van der Waals surface area contributed by atoms with Gasteiger partial charge in [0.2, 0.25) is 0 Å². The highest BCUT2D eigenvalue weighted by Crippen LogP contribution is 2.15. The summed E-state index contributed by atoms with van der Waals surface area (Å²) in [5, 5.41) is 3.81. The molecule has 0 amide bonds. The number of hydrogen-bond acceptors (Lipinski definition) is 2. The lowest BCUT2D eigenvalue weighted by molar-refractivity contribution is 0.263. The Morgan fingerprint density at radius 2 is 2.00 bits per heavy atom. The molecule has 0 atom stereocenters. The summed E-state index contributed by atoms with van der Waals surface area (Å²) in [5.74, 6) is 0. The lowest BCUT2D eigenvalue weighted by Gasteiger charge is -2.16. The first-order valence-corrected chi connectivity index (χ1v) is 3.30. The van der Waals surface area contributed by atoms with E-state index < -0.39 is 0 Å². The van der Waals surface area contributed by atoms with Crippen LogP contribution < -0.4 is 0 Å². The van der Waals surface area contributed by atoms with Gasteiger partial charge in [0, 0.05) is 5.41 Å². The fraction of sp³-hybridized carbons (Fsp3) is 0.625. The molecule has 0 aliphatic rings. The highest BCUT2D eigenvalue weighted by molar-refractivity contribution is 5.86. The Bertz CT molecular complexity index is 142. The minimum atomic E-state index is 0.0863. The van der Waals surface area contributed by atoms with E-state index in [1.807, 2.05) is 6.92 Å². The van der Waals surface area contributed by atoms with E-state index in [2.05, 4.69) is 37.3 Å². The van der Waals surface area contributed by atoms with Gasteiger partial charge in [0.15, 0.2) is 0 Å². The fourth-order valence-electron chi connectivity index (χ4n) is 0.253. The van der Waals surface area contributed by atoms with Gasteiger partial charge in [-0.3, -0.25) is 0 Å². The van der Waals surface area contributed by atoms with Crippen molar-refractivity contribution in [3.63, 3.8) is 0 Å². The van der Waals surface area contributed by atoms with E-state index in [1.54, 1.807) is 0 Å².